The van der Waals surface area contributed by atoms with Gasteiger partial charge in [-0.25, -0.2) is 0 Å². The summed E-state index contributed by atoms with van der Waals surface area (Å²) in [6.07, 6.45) is 5.96. The Hall–Kier alpha value is -3.77. The van der Waals surface area contributed by atoms with E-state index < -0.39 is 0 Å². The predicted octanol–water partition coefficient (Wildman–Crippen LogP) is 5.77. The van der Waals surface area contributed by atoms with Gasteiger partial charge in [0.15, 0.2) is 0 Å². The lowest BCUT2D eigenvalue weighted by molar-refractivity contribution is 0.102. The molecule has 2 aromatic carbocycles. The Morgan fingerprint density at radius 3 is 2.58 bits per heavy atom. The van der Waals surface area contributed by atoms with E-state index in [2.05, 4.69) is 60.1 Å². The molecular weight excluding hydrogens is 412 g/mol. The molecule has 6 heteroatoms. The van der Waals surface area contributed by atoms with Crippen LogP contribution in [0.3, 0.4) is 0 Å². The molecule has 3 rings (SSSR count). The summed E-state index contributed by atoms with van der Waals surface area (Å²) in [5.41, 5.74) is 4.24. The summed E-state index contributed by atoms with van der Waals surface area (Å²) in [7, 11) is 1.95. The summed E-state index contributed by atoms with van der Waals surface area (Å²) in [4.78, 5) is 16.2. The molecule has 4 N–H and O–H groups in total. The summed E-state index contributed by atoms with van der Waals surface area (Å²) in [5, 5.41) is 10.7. The maximum atomic E-state index is 12.9. The molecular formula is C27H32N4O2. The van der Waals surface area contributed by atoms with Crippen molar-refractivity contribution < 1.29 is 9.53 Å². The number of fused-ring (bicyclic) bond motifs is 1. The van der Waals surface area contributed by atoms with Gasteiger partial charge in [-0.15, -0.1) is 0 Å². The van der Waals surface area contributed by atoms with Gasteiger partial charge >= 0.3 is 0 Å². The summed E-state index contributed by atoms with van der Waals surface area (Å²) >= 11 is 0. The van der Waals surface area contributed by atoms with Gasteiger partial charge in [-0.3, -0.25) is 4.79 Å². The Morgan fingerprint density at radius 1 is 1.18 bits per heavy atom. The number of amides is 1. The smallest absolute Gasteiger partial charge is 0.272 e. The van der Waals surface area contributed by atoms with Crippen LogP contribution in [0.1, 0.15) is 29.4 Å². The molecule has 0 aliphatic rings. The number of aromatic amines is 1. The Morgan fingerprint density at radius 2 is 1.94 bits per heavy atom. The van der Waals surface area contributed by atoms with Gasteiger partial charge in [0.2, 0.25) is 0 Å². The molecule has 1 atom stereocenters. The number of hydrogen-bond acceptors (Lipinski definition) is 4. The molecule has 1 amide bonds. The molecule has 0 aliphatic heterocycles. The van der Waals surface area contributed by atoms with Crippen LogP contribution >= 0.6 is 0 Å². The highest BCUT2D eigenvalue weighted by Gasteiger charge is 2.15. The van der Waals surface area contributed by atoms with E-state index in [4.69, 9.17) is 4.74 Å². The number of allylic oxidation sites excluding steroid dienone is 3. The van der Waals surface area contributed by atoms with Crippen LogP contribution in [0.15, 0.2) is 79.6 Å². The van der Waals surface area contributed by atoms with Crippen molar-refractivity contribution in [1.29, 1.82) is 0 Å². The van der Waals surface area contributed by atoms with Gasteiger partial charge in [0.25, 0.3) is 5.91 Å². The van der Waals surface area contributed by atoms with Crippen molar-refractivity contribution in [3.8, 4) is 5.75 Å². The van der Waals surface area contributed by atoms with E-state index >= 15 is 0 Å². The topological polar surface area (TPSA) is 78.2 Å². The Kier molecular flexibility index (Phi) is 8.11. The predicted molar refractivity (Wildman–Crippen MR) is 138 cm³/mol. The molecule has 0 saturated carbocycles. The van der Waals surface area contributed by atoms with Gasteiger partial charge in [-0.05, 0) is 80.6 Å². The van der Waals surface area contributed by atoms with Crippen molar-refractivity contribution in [1.82, 2.24) is 10.3 Å². The summed E-state index contributed by atoms with van der Waals surface area (Å²) in [5.74, 6) is 1.04. The second-order valence-corrected chi connectivity index (χ2v) is 7.86. The standard InChI is InChI=1S/C27H32N4O2/c1-6-9-22(8-3)33-23-12-10-21(11-13-23)30-27(32)25-16-19-14-18(4)15-24(26(19)31-25)29-20(7-2)17-28-5/h6,8-16,20,28-29,31H,1,3,7,17H2,2,4-5H3,(H,30,32)/b22-9+. The van der Waals surface area contributed by atoms with Crippen molar-refractivity contribution in [2.75, 3.05) is 24.2 Å². The molecule has 0 bridgehead atoms. The molecule has 1 aromatic heterocycles. The summed E-state index contributed by atoms with van der Waals surface area (Å²) < 4.78 is 5.71. The number of aromatic nitrogens is 1. The Balaban J connectivity index is 1.77. The number of aryl methyl sites for hydroxylation is 1. The lowest BCUT2D eigenvalue weighted by Gasteiger charge is -2.19. The monoisotopic (exact) mass is 444 g/mol. The van der Waals surface area contributed by atoms with Gasteiger partial charge in [0.1, 0.15) is 17.2 Å². The second kappa shape index (κ2) is 11.2. The number of anilines is 2. The number of carbonyl (C=O) groups is 1. The number of nitrogens with one attached hydrogen (secondary N) is 4. The first-order chi connectivity index (χ1) is 16.0. The minimum Gasteiger partial charge on any atom is -0.457 e. The minimum absolute atomic E-state index is 0.205. The highest BCUT2D eigenvalue weighted by Crippen LogP contribution is 2.27. The van der Waals surface area contributed by atoms with Gasteiger partial charge in [0, 0.05) is 23.7 Å². The third kappa shape index (κ3) is 6.14. The number of carbonyl (C=O) groups excluding carboxylic acids is 1. The fraction of sp³-hybridized carbons (Fsp3) is 0.222. The van der Waals surface area contributed by atoms with Gasteiger partial charge in [-0.1, -0.05) is 26.2 Å². The molecule has 1 unspecified atom stereocenters. The lowest BCUT2D eigenvalue weighted by Crippen LogP contribution is -2.30. The molecule has 0 aliphatic carbocycles. The zero-order chi connectivity index (χ0) is 23.8. The molecule has 33 heavy (non-hydrogen) atoms. The van der Waals surface area contributed by atoms with Crippen molar-refractivity contribution >= 4 is 28.2 Å². The van der Waals surface area contributed by atoms with Crippen LogP contribution in [0.5, 0.6) is 5.75 Å². The van der Waals surface area contributed by atoms with E-state index in [9.17, 15) is 4.79 Å². The van der Waals surface area contributed by atoms with Crippen LogP contribution in [0.4, 0.5) is 11.4 Å². The van der Waals surface area contributed by atoms with Gasteiger partial charge in [0.05, 0.1) is 11.2 Å². The third-order valence-corrected chi connectivity index (χ3v) is 5.25. The number of hydrogen-bond donors (Lipinski definition) is 4. The number of likely N-dealkylation sites (N-methyl/N-ethyl adjacent to an activating group) is 1. The fourth-order valence-electron chi connectivity index (χ4n) is 3.59. The van der Waals surface area contributed by atoms with Gasteiger partial charge in [-0.2, -0.15) is 0 Å². The SMILES string of the molecule is C=C/C=C(\C=C)Oc1ccc(NC(=O)c2cc3cc(C)cc(NC(CC)CNC)c3[nH]2)cc1. The summed E-state index contributed by atoms with van der Waals surface area (Å²) in [6, 6.07) is 13.5. The first kappa shape index (κ1) is 23.9. The van der Waals surface area contributed by atoms with Crippen LogP contribution in [-0.2, 0) is 0 Å². The highest BCUT2D eigenvalue weighted by atomic mass is 16.5. The Labute approximate surface area is 195 Å². The van der Waals surface area contributed by atoms with E-state index in [1.807, 2.05) is 13.1 Å². The zero-order valence-electron chi connectivity index (χ0n) is 19.5. The largest absolute Gasteiger partial charge is 0.457 e. The van der Waals surface area contributed by atoms with E-state index in [0.29, 0.717) is 28.9 Å². The van der Waals surface area contributed by atoms with Crippen LogP contribution < -0.4 is 20.7 Å². The molecule has 0 fully saturated rings. The third-order valence-electron chi connectivity index (χ3n) is 5.25. The number of rotatable bonds is 11. The van der Waals surface area contributed by atoms with E-state index in [-0.39, 0.29) is 5.91 Å². The van der Waals surface area contributed by atoms with E-state index in [0.717, 1.165) is 35.1 Å². The first-order valence-electron chi connectivity index (χ1n) is 11.1. The molecule has 0 spiro atoms. The summed E-state index contributed by atoms with van der Waals surface area (Å²) in [6.45, 7) is 12.4. The van der Waals surface area contributed by atoms with Crippen molar-refractivity contribution in [2.45, 2.75) is 26.3 Å². The highest BCUT2D eigenvalue weighted by molar-refractivity contribution is 6.07. The van der Waals surface area contributed by atoms with Crippen LogP contribution in [0.2, 0.25) is 0 Å². The fourth-order valence-corrected chi connectivity index (χ4v) is 3.59. The molecule has 3 aromatic rings. The van der Waals surface area contributed by atoms with Crippen molar-refractivity contribution in [3.05, 3.63) is 90.9 Å². The maximum absolute atomic E-state index is 12.9. The molecule has 1 heterocycles. The van der Waals surface area contributed by atoms with E-state index in [1.165, 1.54) is 0 Å². The van der Waals surface area contributed by atoms with Crippen LogP contribution in [0, 0.1) is 6.92 Å². The minimum atomic E-state index is -0.205. The maximum Gasteiger partial charge on any atom is 0.272 e. The average molecular weight is 445 g/mol. The normalized spacial score (nSPS) is 12.3. The van der Waals surface area contributed by atoms with E-state index in [1.54, 1.807) is 42.5 Å². The molecule has 0 saturated heterocycles. The number of ether oxygens (including phenoxy) is 1. The number of H-pyrrole nitrogens is 1. The molecule has 0 radical (unpaired) electrons. The van der Waals surface area contributed by atoms with Crippen molar-refractivity contribution in [3.63, 3.8) is 0 Å². The van der Waals surface area contributed by atoms with Crippen LogP contribution in [0.25, 0.3) is 10.9 Å². The lowest BCUT2D eigenvalue weighted by atomic mass is 10.1. The zero-order valence-corrected chi connectivity index (χ0v) is 19.5. The van der Waals surface area contributed by atoms with Crippen LogP contribution in [-0.4, -0.2) is 30.5 Å². The number of benzene rings is 2. The van der Waals surface area contributed by atoms with Gasteiger partial charge < -0.3 is 25.7 Å². The molecule has 6 nitrogen and oxygen atoms in total. The van der Waals surface area contributed by atoms with Crippen molar-refractivity contribution in [2.24, 2.45) is 0 Å². The first-order valence-corrected chi connectivity index (χ1v) is 11.1. The Bertz CT molecular complexity index is 1160. The quantitative estimate of drug-likeness (QED) is 0.224. The second-order valence-electron chi connectivity index (χ2n) is 7.86. The molecule has 172 valence electrons. The average Bonchev–Trinajstić information content (AvgIpc) is 3.24.